The lowest BCUT2D eigenvalue weighted by Gasteiger charge is -2.29. The van der Waals surface area contributed by atoms with Crippen LogP contribution in [-0.2, 0) is 6.54 Å². The lowest BCUT2D eigenvalue weighted by molar-refractivity contribution is 0.275. The molecule has 0 spiro atoms. The van der Waals surface area contributed by atoms with Gasteiger partial charge in [-0.05, 0) is 74.4 Å². The molecule has 1 aliphatic rings. The van der Waals surface area contributed by atoms with Crippen LogP contribution in [0, 0.1) is 17.7 Å². The maximum absolute atomic E-state index is 13.5. The molecule has 6 nitrogen and oxygen atoms in total. The molecule has 0 aliphatic heterocycles. The van der Waals surface area contributed by atoms with Gasteiger partial charge in [0.1, 0.15) is 17.4 Å². The van der Waals surface area contributed by atoms with E-state index in [-0.39, 0.29) is 5.82 Å². The van der Waals surface area contributed by atoms with E-state index >= 15 is 0 Å². The molecule has 0 atom stereocenters. The Hall–Kier alpha value is -2.93. The Morgan fingerprint density at radius 2 is 1.73 bits per heavy atom. The quantitative estimate of drug-likeness (QED) is 0.485. The average molecular weight is 452 g/mol. The molecule has 0 radical (unpaired) electrons. The molecular weight excluding hydrogens is 417 g/mol. The second kappa shape index (κ2) is 10.8. The third-order valence-electron chi connectivity index (χ3n) is 6.51. The third-order valence-corrected chi connectivity index (χ3v) is 6.51. The van der Waals surface area contributed by atoms with Crippen LogP contribution >= 0.6 is 0 Å². The van der Waals surface area contributed by atoms with Crippen LogP contribution in [0.1, 0.15) is 31.2 Å². The van der Waals surface area contributed by atoms with E-state index in [9.17, 15) is 4.39 Å². The minimum atomic E-state index is -0.228. The van der Waals surface area contributed by atoms with Gasteiger partial charge in [-0.1, -0.05) is 12.1 Å². The third kappa shape index (κ3) is 5.90. The normalized spacial score (nSPS) is 18.3. The molecule has 2 N–H and O–H groups in total. The predicted octanol–water partition coefficient (Wildman–Crippen LogP) is 4.85. The zero-order valence-corrected chi connectivity index (χ0v) is 19.8. The highest BCUT2D eigenvalue weighted by atomic mass is 19.1. The number of aromatic nitrogens is 2. The van der Waals surface area contributed by atoms with Crippen LogP contribution in [0.5, 0.6) is 5.75 Å². The molecule has 0 amide bonds. The fraction of sp³-hybridized carbons (Fsp3) is 0.462. The molecule has 33 heavy (non-hydrogen) atoms. The van der Waals surface area contributed by atoms with Gasteiger partial charge in [-0.25, -0.2) is 9.37 Å². The van der Waals surface area contributed by atoms with Gasteiger partial charge in [-0.2, -0.15) is 4.98 Å². The van der Waals surface area contributed by atoms with Crippen molar-refractivity contribution in [3.05, 3.63) is 53.8 Å². The van der Waals surface area contributed by atoms with Crippen molar-refractivity contribution in [3.63, 3.8) is 0 Å². The monoisotopic (exact) mass is 451 g/mol. The van der Waals surface area contributed by atoms with Gasteiger partial charge in [0.25, 0.3) is 0 Å². The van der Waals surface area contributed by atoms with E-state index in [1.165, 1.54) is 31.7 Å². The first kappa shape index (κ1) is 23.2. The number of para-hydroxylation sites is 1. The summed E-state index contributed by atoms with van der Waals surface area (Å²) in [5.41, 5.74) is 1.83. The van der Waals surface area contributed by atoms with Gasteiger partial charge >= 0.3 is 0 Å². The van der Waals surface area contributed by atoms with E-state index in [1.54, 1.807) is 19.2 Å². The molecule has 0 bridgehead atoms. The molecule has 1 fully saturated rings. The maximum atomic E-state index is 13.5. The number of rotatable bonds is 9. The van der Waals surface area contributed by atoms with Crippen LogP contribution in [0.25, 0.3) is 10.9 Å². The number of fused-ring (bicyclic) bond motifs is 1. The van der Waals surface area contributed by atoms with Crippen molar-refractivity contribution >= 4 is 22.7 Å². The van der Waals surface area contributed by atoms with Crippen LogP contribution in [0.2, 0.25) is 0 Å². The molecule has 3 aromatic rings. The smallest absolute Gasteiger partial charge is 0.225 e. The zero-order chi connectivity index (χ0) is 23.2. The number of ether oxygens (including phenoxy) is 1. The Kier molecular flexibility index (Phi) is 7.60. The number of nitrogens with zero attached hydrogens (tertiary/aromatic N) is 3. The van der Waals surface area contributed by atoms with Gasteiger partial charge in [0.05, 0.1) is 12.6 Å². The van der Waals surface area contributed by atoms with Gasteiger partial charge in [0, 0.05) is 38.1 Å². The van der Waals surface area contributed by atoms with Gasteiger partial charge < -0.3 is 20.3 Å². The van der Waals surface area contributed by atoms with Crippen LogP contribution in [0.15, 0.2) is 42.5 Å². The molecule has 2 aromatic carbocycles. The summed E-state index contributed by atoms with van der Waals surface area (Å²) in [6.07, 6.45) is 4.77. The first-order valence-electron chi connectivity index (χ1n) is 11.7. The molecule has 7 heteroatoms. The number of halogens is 1. The molecule has 0 saturated heterocycles. The zero-order valence-electron chi connectivity index (χ0n) is 19.8. The Labute approximate surface area is 195 Å². The number of hydrogen-bond donors (Lipinski definition) is 2. The minimum absolute atomic E-state index is 0.228. The lowest BCUT2D eigenvalue weighted by Crippen LogP contribution is -2.28. The van der Waals surface area contributed by atoms with Crippen molar-refractivity contribution < 1.29 is 9.13 Å². The van der Waals surface area contributed by atoms with Crippen LogP contribution in [0.4, 0.5) is 16.2 Å². The first-order valence-corrected chi connectivity index (χ1v) is 11.7. The van der Waals surface area contributed by atoms with Gasteiger partial charge in [0.15, 0.2) is 0 Å². The second-order valence-corrected chi connectivity index (χ2v) is 9.14. The summed E-state index contributed by atoms with van der Waals surface area (Å²) in [7, 11) is 5.65. The van der Waals surface area contributed by atoms with Gasteiger partial charge in [-0.15, -0.1) is 0 Å². The molecule has 1 aromatic heterocycles. The SMILES string of the molecule is COc1ccc(F)cc1CNCC1CCC(CNc2nc(N(C)C)c3ccccc3n2)CC1. The van der Waals surface area contributed by atoms with Crippen molar-refractivity contribution in [3.8, 4) is 5.75 Å². The van der Waals surface area contributed by atoms with Crippen molar-refractivity contribution in [2.24, 2.45) is 11.8 Å². The lowest BCUT2D eigenvalue weighted by atomic mass is 9.82. The first-order chi connectivity index (χ1) is 16.0. The predicted molar refractivity (Wildman–Crippen MR) is 132 cm³/mol. The summed E-state index contributed by atoms with van der Waals surface area (Å²) >= 11 is 0. The van der Waals surface area contributed by atoms with E-state index in [4.69, 9.17) is 14.7 Å². The number of anilines is 2. The number of methoxy groups -OCH3 is 1. The Balaban J connectivity index is 1.24. The van der Waals surface area contributed by atoms with E-state index in [1.807, 2.05) is 37.2 Å². The van der Waals surface area contributed by atoms with E-state index < -0.39 is 0 Å². The van der Waals surface area contributed by atoms with Crippen molar-refractivity contribution in [1.82, 2.24) is 15.3 Å². The fourth-order valence-corrected chi connectivity index (χ4v) is 4.65. The molecule has 4 rings (SSSR count). The molecule has 176 valence electrons. The van der Waals surface area contributed by atoms with E-state index in [0.717, 1.165) is 41.1 Å². The molecule has 1 heterocycles. The molecular formula is C26H34FN5O. The summed E-state index contributed by atoms with van der Waals surface area (Å²) < 4.78 is 18.9. The number of hydrogen-bond acceptors (Lipinski definition) is 6. The fourth-order valence-electron chi connectivity index (χ4n) is 4.65. The van der Waals surface area contributed by atoms with Crippen LogP contribution < -0.4 is 20.3 Å². The van der Waals surface area contributed by atoms with Gasteiger partial charge in [0.2, 0.25) is 5.95 Å². The average Bonchev–Trinajstić information content (AvgIpc) is 2.83. The highest BCUT2D eigenvalue weighted by molar-refractivity contribution is 5.90. The Morgan fingerprint density at radius 3 is 2.45 bits per heavy atom. The summed E-state index contributed by atoms with van der Waals surface area (Å²) in [5, 5.41) is 8.04. The summed E-state index contributed by atoms with van der Waals surface area (Å²) in [6, 6.07) is 12.8. The topological polar surface area (TPSA) is 62.3 Å². The van der Waals surface area contributed by atoms with Crippen molar-refractivity contribution in [2.45, 2.75) is 32.2 Å². The van der Waals surface area contributed by atoms with Gasteiger partial charge in [-0.3, -0.25) is 0 Å². The highest BCUT2D eigenvalue weighted by Crippen LogP contribution is 2.29. The van der Waals surface area contributed by atoms with Crippen LogP contribution in [0.3, 0.4) is 0 Å². The number of benzene rings is 2. The van der Waals surface area contributed by atoms with Crippen LogP contribution in [-0.4, -0.2) is 44.3 Å². The number of nitrogens with one attached hydrogen (secondary N) is 2. The van der Waals surface area contributed by atoms with E-state index in [2.05, 4.69) is 16.7 Å². The molecule has 0 unspecified atom stereocenters. The van der Waals surface area contributed by atoms with E-state index in [0.29, 0.717) is 24.3 Å². The second-order valence-electron chi connectivity index (χ2n) is 9.14. The Morgan fingerprint density at radius 1 is 1.00 bits per heavy atom. The Bertz CT molecular complexity index is 1070. The summed E-state index contributed by atoms with van der Waals surface area (Å²) in [6.45, 7) is 2.46. The summed E-state index contributed by atoms with van der Waals surface area (Å²) in [4.78, 5) is 11.5. The van der Waals surface area contributed by atoms with Crippen molar-refractivity contribution in [1.29, 1.82) is 0 Å². The summed E-state index contributed by atoms with van der Waals surface area (Å²) in [5.74, 6) is 3.42. The highest BCUT2D eigenvalue weighted by Gasteiger charge is 2.21. The van der Waals surface area contributed by atoms with Crippen molar-refractivity contribution in [2.75, 3.05) is 44.5 Å². The largest absolute Gasteiger partial charge is 0.496 e. The minimum Gasteiger partial charge on any atom is -0.496 e. The maximum Gasteiger partial charge on any atom is 0.225 e. The molecule has 1 aliphatic carbocycles. The standard InChI is InChI=1S/C26H34FN5O/c1-32(2)25-22-6-4-5-7-23(22)30-26(31-25)29-16-19-10-8-18(9-11-19)15-28-17-20-14-21(27)12-13-24(20)33-3/h4-7,12-14,18-19,28H,8-11,15-17H2,1-3H3,(H,29,30,31). The molecule has 1 saturated carbocycles.